The van der Waals surface area contributed by atoms with Crippen molar-refractivity contribution < 1.29 is 4.79 Å². The third-order valence-corrected chi connectivity index (χ3v) is 8.30. The lowest BCUT2D eigenvalue weighted by molar-refractivity contribution is -0.160. The van der Waals surface area contributed by atoms with Crippen molar-refractivity contribution in [2.24, 2.45) is 17.3 Å². The van der Waals surface area contributed by atoms with E-state index >= 15 is 0 Å². The van der Waals surface area contributed by atoms with Crippen molar-refractivity contribution in [1.82, 2.24) is 14.9 Å². The summed E-state index contributed by atoms with van der Waals surface area (Å²) in [6.45, 7) is 3.21. The largest absolute Gasteiger partial charge is 0.339 e. The lowest BCUT2D eigenvalue weighted by atomic mass is 9.42. The van der Waals surface area contributed by atoms with Crippen LogP contribution in [-0.4, -0.2) is 47.0 Å². The van der Waals surface area contributed by atoms with Crippen LogP contribution in [0.1, 0.15) is 44.1 Å². The number of benzene rings is 1. The number of carbonyl (C=O) groups is 1. The molecular formula is C25H30N4O. The summed E-state index contributed by atoms with van der Waals surface area (Å²) in [5.41, 5.74) is 1.56. The standard InChI is InChI=1S/C25H30N4O/c30-22(28-9-11-29(12-10-28)23-26-7-4-8-27-23)25-16-19-13-20(17-25)15-24(14-19,18-25)21-5-2-1-3-6-21/h1-8,19-20H,9-18H2/t19-,20-,24?,25?/m0/s1. The molecule has 30 heavy (non-hydrogen) atoms. The number of rotatable bonds is 3. The molecule has 0 N–H and O–H groups in total. The Balaban J connectivity index is 1.23. The number of amides is 1. The van der Waals surface area contributed by atoms with E-state index in [4.69, 9.17) is 0 Å². The second kappa shape index (κ2) is 6.79. The minimum Gasteiger partial charge on any atom is -0.339 e. The molecule has 156 valence electrons. The Bertz CT molecular complexity index is 909. The molecule has 5 nitrogen and oxygen atoms in total. The lowest BCUT2D eigenvalue weighted by Crippen LogP contribution is -2.61. The maximum atomic E-state index is 13.9. The van der Waals surface area contributed by atoms with Crippen LogP contribution >= 0.6 is 0 Å². The van der Waals surface area contributed by atoms with Gasteiger partial charge in [-0.3, -0.25) is 4.79 Å². The smallest absolute Gasteiger partial charge is 0.228 e. The van der Waals surface area contributed by atoms with Gasteiger partial charge in [-0.1, -0.05) is 30.3 Å². The van der Waals surface area contributed by atoms with Gasteiger partial charge >= 0.3 is 0 Å². The number of nitrogens with zero attached hydrogens (tertiary/aromatic N) is 4. The lowest BCUT2D eigenvalue weighted by Gasteiger charge is -2.62. The summed E-state index contributed by atoms with van der Waals surface area (Å²) in [5.74, 6) is 2.65. The van der Waals surface area contributed by atoms with Crippen LogP contribution < -0.4 is 4.90 Å². The fourth-order valence-corrected chi connectivity index (χ4v) is 7.54. The fourth-order valence-electron chi connectivity index (χ4n) is 7.54. The first kappa shape index (κ1) is 18.3. The second-order valence-electron chi connectivity index (χ2n) is 10.2. The second-order valence-corrected chi connectivity index (χ2v) is 10.2. The van der Waals surface area contributed by atoms with Gasteiger partial charge < -0.3 is 9.80 Å². The minimum atomic E-state index is -0.134. The maximum Gasteiger partial charge on any atom is 0.228 e. The molecule has 0 unspecified atom stereocenters. The van der Waals surface area contributed by atoms with Crippen molar-refractivity contribution >= 4 is 11.9 Å². The molecule has 0 spiro atoms. The molecule has 1 aliphatic heterocycles. The van der Waals surface area contributed by atoms with Crippen LogP contribution in [0.4, 0.5) is 5.95 Å². The maximum absolute atomic E-state index is 13.9. The summed E-state index contributed by atoms with van der Waals surface area (Å²) in [6.07, 6.45) is 10.7. The Labute approximate surface area is 178 Å². The van der Waals surface area contributed by atoms with E-state index < -0.39 is 0 Å². The van der Waals surface area contributed by atoms with E-state index in [0.717, 1.165) is 63.2 Å². The Morgan fingerprint density at radius 2 is 1.53 bits per heavy atom. The average molecular weight is 403 g/mol. The van der Waals surface area contributed by atoms with Crippen LogP contribution in [-0.2, 0) is 10.2 Å². The van der Waals surface area contributed by atoms with Crippen LogP contribution in [0.15, 0.2) is 48.8 Å². The summed E-state index contributed by atoms with van der Waals surface area (Å²) < 4.78 is 0. The first-order valence-electron chi connectivity index (χ1n) is 11.5. The molecule has 4 aliphatic carbocycles. The van der Waals surface area contributed by atoms with E-state index in [1.165, 1.54) is 24.8 Å². The topological polar surface area (TPSA) is 49.3 Å². The predicted octanol–water partition coefficient (Wildman–Crippen LogP) is 3.66. The van der Waals surface area contributed by atoms with Gasteiger partial charge in [-0.15, -0.1) is 0 Å². The predicted molar refractivity (Wildman–Crippen MR) is 116 cm³/mol. The van der Waals surface area contributed by atoms with E-state index in [-0.39, 0.29) is 10.8 Å². The van der Waals surface area contributed by atoms with Gasteiger partial charge in [0.25, 0.3) is 0 Å². The molecule has 4 bridgehead atoms. The molecule has 4 saturated carbocycles. The number of aromatic nitrogens is 2. The molecule has 1 aromatic heterocycles. The Morgan fingerprint density at radius 1 is 0.867 bits per heavy atom. The highest BCUT2D eigenvalue weighted by molar-refractivity contribution is 5.84. The van der Waals surface area contributed by atoms with E-state index in [2.05, 4.69) is 50.1 Å². The monoisotopic (exact) mass is 402 g/mol. The summed E-state index contributed by atoms with van der Waals surface area (Å²) >= 11 is 0. The SMILES string of the molecule is O=C(N1CCN(c2ncccn2)CC1)C12C[C@H]3C[C@H](C1)CC(c1ccccc1)(C3)C2. The van der Waals surface area contributed by atoms with Crippen LogP contribution in [0.2, 0.25) is 0 Å². The molecule has 1 saturated heterocycles. The van der Waals surface area contributed by atoms with Gasteiger partial charge in [0.1, 0.15) is 0 Å². The van der Waals surface area contributed by atoms with Crippen molar-refractivity contribution in [3.05, 3.63) is 54.4 Å². The molecule has 0 radical (unpaired) electrons. The minimum absolute atomic E-state index is 0.134. The Morgan fingerprint density at radius 3 is 2.20 bits per heavy atom. The Hall–Kier alpha value is -2.43. The molecule has 2 atom stereocenters. The zero-order valence-corrected chi connectivity index (χ0v) is 17.5. The Kier molecular flexibility index (Phi) is 4.15. The average Bonchev–Trinajstić information content (AvgIpc) is 2.79. The third kappa shape index (κ3) is 2.85. The number of anilines is 1. The van der Waals surface area contributed by atoms with Gasteiger partial charge in [-0.25, -0.2) is 9.97 Å². The number of hydrogen-bond acceptors (Lipinski definition) is 4. The van der Waals surface area contributed by atoms with E-state index in [9.17, 15) is 4.79 Å². The highest BCUT2D eigenvalue weighted by Gasteiger charge is 2.61. The number of hydrogen-bond donors (Lipinski definition) is 0. The number of carbonyl (C=O) groups excluding carboxylic acids is 1. The number of piperazine rings is 1. The van der Waals surface area contributed by atoms with Crippen LogP contribution in [0, 0.1) is 17.3 Å². The third-order valence-electron chi connectivity index (χ3n) is 8.30. The van der Waals surface area contributed by atoms with Crippen LogP contribution in [0.3, 0.4) is 0 Å². The van der Waals surface area contributed by atoms with Crippen molar-refractivity contribution in [3.8, 4) is 0 Å². The van der Waals surface area contributed by atoms with E-state index in [1.807, 2.05) is 6.07 Å². The molecule has 5 heteroatoms. The van der Waals surface area contributed by atoms with Gasteiger partial charge in [-0.2, -0.15) is 0 Å². The first-order chi connectivity index (χ1) is 14.7. The van der Waals surface area contributed by atoms with E-state index in [0.29, 0.717) is 5.91 Å². The van der Waals surface area contributed by atoms with Gasteiger partial charge in [0.2, 0.25) is 11.9 Å². The van der Waals surface area contributed by atoms with Crippen molar-refractivity contribution in [1.29, 1.82) is 0 Å². The van der Waals surface area contributed by atoms with Gasteiger partial charge in [0.05, 0.1) is 5.41 Å². The highest BCUT2D eigenvalue weighted by Crippen LogP contribution is 2.66. The molecule has 2 aromatic rings. The van der Waals surface area contributed by atoms with Crippen LogP contribution in [0.25, 0.3) is 0 Å². The van der Waals surface area contributed by atoms with Gasteiger partial charge in [0, 0.05) is 38.6 Å². The quantitative estimate of drug-likeness (QED) is 0.786. The molecule has 7 rings (SSSR count). The summed E-state index contributed by atoms with van der Waals surface area (Å²) in [7, 11) is 0. The zero-order chi connectivity index (χ0) is 20.2. The van der Waals surface area contributed by atoms with Crippen molar-refractivity contribution in [3.63, 3.8) is 0 Å². The molecular weight excluding hydrogens is 372 g/mol. The van der Waals surface area contributed by atoms with Crippen LogP contribution in [0.5, 0.6) is 0 Å². The fraction of sp³-hybridized carbons (Fsp3) is 0.560. The van der Waals surface area contributed by atoms with E-state index in [1.54, 1.807) is 12.4 Å². The van der Waals surface area contributed by atoms with Gasteiger partial charge in [-0.05, 0) is 67.4 Å². The molecule has 5 aliphatic rings. The highest BCUT2D eigenvalue weighted by atomic mass is 16.2. The molecule has 1 amide bonds. The first-order valence-corrected chi connectivity index (χ1v) is 11.5. The molecule has 5 fully saturated rings. The summed E-state index contributed by atoms with van der Waals surface area (Å²) in [5, 5.41) is 0. The molecule has 1 aromatic carbocycles. The summed E-state index contributed by atoms with van der Waals surface area (Å²) in [4.78, 5) is 27.1. The normalized spacial score (nSPS) is 34.9. The van der Waals surface area contributed by atoms with Crippen molar-refractivity contribution in [2.75, 3.05) is 31.1 Å². The zero-order valence-electron chi connectivity index (χ0n) is 17.5. The van der Waals surface area contributed by atoms with Crippen molar-refractivity contribution in [2.45, 2.75) is 43.9 Å². The summed E-state index contributed by atoms with van der Waals surface area (Å²) in [6, 6.07) is 12.9. The van der Waals surface area contributed by atoms with Gasteiger partial charge in [0.15, 0.2) is 0 Å². The molecule has 2 heterocycles.